The van der Waals surface area contributed by atoms with Crippen LogP contribution in [-0.4, -0.2) is 48.3 Å². The van der Waals surface area contributed by atoms with E-state index in [1.165, 1.54) is 13.0 Å². The fraction of sp³-hybridized carbons (Fsp3) is 0.333. The average Bonchev–Trinajstić information content (AvgIpc) is 2.99. The maximum Gasteiger partial charge on any atom is 0.389 e. The first kappa shape index (κ1) is 39.9. The molecule has 0 amide bonds. The normalized spacial score (nSPS) is 11.5. The quantitative estimate of drug-likeness (QED) is 0.148. The molecule has 4 rings (SSSR count). The summed E-state index contributed by atoms with van der Waals surface area (Å²) >= 11 is 11.6. The van der Waals surface area contributed by atoms with E-state index < -0.39 is 48.8 Å². The minimum atomic E-state index is -4.33. The van der Waals surface area contributed by atoms with Crippen molar-refractivity contribution in [3.8, 4) is 22.5 Å². The lowest BCUT2D eigenvalue weighted by atomic mass is 10.1. The first-order valence-electron chi connectivity index (χ1n) is 14.9. The minimum absolute atomic E-state index is 0.00380. The van der Waals surface area contributed by atoms with Crippen molar-refractivity contribution in [2.75, 3.05) is 0 Å². The van der Waals surface area contributed by atoms with Gasteiger partial charge in [-0.2, -0.15) is 26.3 Å². The molecule has 50 heavy (non-hydrogen) atoms. The Hall–Kier alpha value is -4.50. The van der Waals surface area contributed by atoms with E-state index in [-0.39, 0.29) is 55.4 Å². The van der Waals surface area contributed by atoms with Crippen LogP contribution in [0.1, 0.15) is 44.3 Å². The van der Waals surface area contributed by atoms with Crippen molar-refractivity contribution in [1.29, 1.82) is 0 Å². The maximum atomic E-state index is 12.4. The van der Waals surface area contributed by atoms with E-state index >= 15 is 0 Å². The summed E-state index contributed by atoms with van der Waals surface area (Å²) in [4.78, 5) is 55.3. The van der Waals surface area contributed by atoms with Crippen LogP contribution in [0.4, 0.5) is 26.3 Å². The number of hydrogen-bond acceptors (Lipinski definition) is 6. The summed E-state index contributed by atoms with van der Waals surface area (Å²) in [6, 6.07) is 15.4. The van der Waals surface area contributed by atoms with E-state index in [0.29, 0.717) is 26.9 Å². The number of benzene rings is 2. The minimum Gasteiger partial charge on any atom is -0.480 e. The third kappa shape index (κ3) is 13.1. The lowest BCUT2D eigenvalue weighted by Crippen LogP contribution is -2.28. The van der Waals surface area contributed by atoms with Gasteiger partial charge >= 0.3 is 18.3 Å². The van der Waals surface area contributed by atoms with Crippen LogP contribution in [0.2, 0.25) is 10.0 Å². The zero-order valence-corrected chi connectivity index (χ0v) is 27.8. The van der Waals surface area contributed by atoms with Gasteiger partial charge in [0.2, 0.25) is 0 Å². The van der Waals surface area contributed by atoms with Gasteiger partial charge in [-0.25, -0.2) is 9.97 Å². The second kappa shape index (κ2) is 17.4. The SMILES string of the molecule is CC(=O)Cn1c(CCCC(F)(F)F)nc(-c2ccc(Cl)cc2)cc1=O.O=C(O)Cn1c(CCCC(F)(F)F)nc(-c2ccc(Cl)cc2)cc1=O. The highest BCUT2D eigenvalue weighted by atomic mass is 35.5. The van der Waals surface area contributed by atoms with Crippen LogP contribution in [0.3, 0.4) is 0 Å². The van der Waals surface area contributed by atoms with Crippen LogP contribution >= 0.6 is 23.2 Å². The van der Waals surface area contributed by atoms with Crippen molar-refractivity contribution in [1.82, 2.24) is 19.1 Å². The van der Waals surface area contributed by atoms with Crippen LogP contribution in [0.15, 0.2) is 70.3 Å². The number of aromatic nitrogens is 4. The van der Waals surface area contributed by atoms with E-state index in [1.807, 2.05) is 0 Å². The summed E-state index contributed by atoms with van der Waals surface area (Å²) in [6.45, 7) is 0.432. The highest BCUT2D eigenvalue weighted by Gasteiger charge is 2.27. The van der Waals surface area contributed by atoms with Crippen molar-refractivity contribution in [3.05, 3.63) is 103 Å². The molecule has 17 heteroatoms. The fourth-order valence-electron chi connectivity index (χ4n) is 4.62. The van der Waals surface area contributed by atoms with Gasteiger partial charge in [0.05, 0.1) is 17.9 Å². The summed E-state index contributed by atoms with van der Waals surface area (Å²) in [6.07, 6.45) is -11.3. The van der Waals surface area contributed by atoms with Gasteiger partial charge in [0, 0.05) is 59.0 Å². The number of carboxylic acids is 1. The number of aryl methyl sites for hydroxylation is 2. The molecule has 0 saturated carbocycles. The van der Waals surface area contributed by atoms with Crippen molar-refractivity contribution in [3.63, 3.8) is 0 Å². The Morgan fingerprint density at radius 1 is 0.680 bits per heavy atom. The molecule has 0 bridgehead atoms. The van der Waals surface area contributed by atoms with Crippen molar-refractivity contribution in [2.45, 2.75) is 70.9 Å². The number of rotatable bonds is 12. The molecule has 4 aromatic rings. The summed E-state index contributed by atoms with van der Waals surface area (Å²) in [5.41, 5.74) is 0.657. The molecule has 0 aliphatic carbocycles. The first-order valence-corrected chi connectivity index (χ1v) is 15.6. The monoisotopic (exact) mass is 746 g/mol. The predicted molar refractivity (Wildman–Crippen MR) is 174 cm³/mol. The highest BCUT2D eigenvalue weighted by Crippen LogP contribution is 2.25. The molecular formula is C33H30Cl2F6N4O5. The van der Waals surface area contributed by atoms with Crippen LogP contribution in [0.5, 0.6) is 0 Å². The van der Waals surface area contributed by atoms with Gasteiger partial charge < -0.3 is 5.11 Å². The number of carbonyl (C=O) groups is 2. The van der Waals surface area contributed by atoms with Gasteiger partial charge in [0.25, 0.3) is 11.1 Å². The molecular weight excluding hydrogens is 717 g/mol. The molecule has 9 nitrogen and oxygen atoms in total. The number of carbonyl (C=O) groups excluding carboxylic acids is 1. The molecule has 2 aromatic heterocycles. The summed E-state index contributed by atoms with van der Waals surface area (Å²) in [5.74, 6) is -1.39. The molecule has 268 valence electrons. The molecule has 0 spiro atoms. The summed E-state index contributed by atoms with van der Waals surface area (Å²) in [7, 11) is 0. The van der Waals surface area contributed by atoms with Gasteiger partial charge in [0.1, 0.15) is 24.0 Å². The number of nitrogens with zero attached hydrogens (tertiary/aromatic N) is 4. The Bertz CT molecular complexity index is 1770. The molecule has 0 radical (unpaired) electrons. The number of alkyl halides is 6. The molecule has 0 atom stereocenters. The molecule has 0 aliphatic heterocycles. The lowest BCUT2D eigenvalue weighted by Gasteiger charge is -2.13. The van der Waals surface area contributed by atoms with Crippen LogP contribution < -0.4 is 11.1 Å². The Labute approximate surface area is 291 Å². The Morgan fingerprint density at radius 3 is 1.36 bits per heavy atom. The van der Waals surface area contributed by atoms with Crippen molar-refractivity contribution >= 4 is 35.0 Å². The van der Waals surface area contributed by atoms with Crippen LogP contribution in [-0.2, 0) is 35.5 Å². The second-order valence-corrected chi connectivity index (χ2v) is 11.9. The topological polar surface area (TPSA) is 124 Å². The molecule has 0 unspecified atom stereocenters. The van der Waals surface area contributed by atoms with Gasteiger partial charge in [0.15, 0.2) is 0 Å². The second-order valence-electron chi connectivity index (χ2n) is 11.0. The zero-order valence-electron chi connectivity index (χ0n) is 26.3. The standard InChI is InChI=1S/C17H16ClF3N2O2.C16H14ClF3N2O3/c1-11(24)10-23-15(3-2-8-17(19,20)21)22-14(9-16(23)25)12-4-6-13(18)7-5-12;17-11-5-3-10(4-6-11)12-8-14(23)22(9-15(24)25)13(21-12)2-1-7-16(18,19)20/h4-7,9H,2-3,8,10H2,1H3;3-6,8H,1-2,7,9H2,(H,24,25). The molecule has 0 saturated heterocycles. The van der Waals surface area contributed by atoms with Crippen LogP contribution in [0, 0.1) is 0 Å². The average molecular weight is 748 g/mol. The number of ketones is 1. The third-order valence-electron chi connectivity index (χ3n) is 6.85. The van der Waals surface area contributed by atoms with Crippen molar-refractivity contribution in [2.24, 2.45) is 0 Å². The maximum absolute atomic E-state index is 12.4. The van der Waals surface area contributed by atoms with E-state index in [4.69, 9.17) is 28.3 Å². The lowest BCUT2D eigenvalue weighted by molar-refractivity contribution is -0.138. The number of Topliss-reactive ketones (excluding diaryl/α,β-unsaturated/α-hetero) is 1. The predicted octanol–water partition coefficient (Wildman–Crippen LogP) is 7.57. The zero-order chi connectivity index (χ0) is 37.2. The Morgan fingerprint density at radius 2 is 1.04 bits per heavy atom. The number of halogens is 8. The van der Waals surface area contributed by atoms with Crippen LogP contribution in [0.25, 0.3) is 22.5 Å². The van der Waals surface area contributed by atoms with Gasteiger partial charge in [-0.15, -0.1) is 0 Å². The third-order valence-corrected chi connectivity index (χ3v) is 7.35. The molecule has 2 heterocycles. The number of hydrogen-bond donors (Lipinski definition) is 1. The molecule has 2 aromatic carbocycles. The Kier molecular flexibility index (Phi) is 13.9. The molecule has 1 N–H and O–H groups in total. The first-order chi connectivity index (χ1) is 23.3. The largest absolute Gasteiger partial charge is 0.480 e. The fourth-order valence-corrected chi connectivity index (χ4v) is 4.87. The van der Waals surface area contributed by atoms with E-state index in [1.54, 1.807) is 48.5 Å². The van der Waals surface area contributed by atoms with Gasteiger partial charge in [-0.1, -0.05) is 47.5 Å². The van der Waals surface area contributed by atoms with E-state index in [0.717, 1.165) is 15.2 Å². The van der Waals surface area contributed by atoms with E-state index in [2.05, 4.69) is 9.97 Å². The van der Waals surface area contributed by atoms with Gasteiger partial charge in [-0.05, 0) is 44.0 Å². The number of aliphatic carboxylic acids is 1. The van der Waals surface area contributed by atoms with Gasteiger partial charge in [-0.3, -0.25) is 28.3 Å². The smallest absolute Gasteiger partial charge is 0.389 e. The molecule has 0 fully saturated rings. The Balaban J connectivity index is 0.000000270. The van der Waals surface area contributed by atoms with Crippen molar-refractivity contribution < 1.29 is 41.0 Å². The van der Waals surface area contributed by atoms with E-state index in [9.17, 15) is 45.5 Å². The molecule has 0 aliphatic rings. The summed E-state index contributed by atoms with van der Waals surface area (Å²) < 4.78 is 76.1. The number of carboxylic acid groups (broad SMARTS) is 1. The summed E-state index contributed by atoms with van der Waals surface area (Å²) in [5, 5.41) is 9.90. The highest BCUT2D eigenvalue weighted by molar-refractivity contribution is 6.30.